The number of hydrogen-bond acceptors (Lipinski definition) is 3. The summed E-state index contributed by atoms with van der Waals surface area (Å²) >= 11 is 0. The van der Waals surface area contributed by atoms with Gasteiger partial charge >= 0.3 is 0 Å². The molecular formula is C14H29N3O2S. The van der Waals surface area contributed by atoms with Crippen molar-refractivity contribution >= 4 is 10.2 Å². The third-order valence-electron chi connectivity index (χ3n) is 4.79. The van der Waals surface area contributed by atoms with E-state index >= 15 is 0 Å². The van der Waals surface area contributed by atoms with E-state index in [-0.39, 0.29) is 0 Å². The first-order valence-corrected chi connectivity index (χ1v) is 9.15. The molecule has 2 aliphatic heterocycles. The van der Waals surface area contributed by atoms with Crippen LogP contribution in [0, 0.1) is 11.8 Å². The van der Waals surface area contributed by atoms with Gasteiger partial charge in [-0.1, -0.05) is 20.3 Å². The Labute approximate surface area is 124 Å². The van der Waals surface area contributed by atoms with Crippen LogP contribution in [-0.2, 0) is 10.2 Å². The van der Waals surface area contributed by atoms with E-state index in [1.807, 2.05) is 0 Å². The normalized spacial score (nSPS) is 30.5. The van der Waals surface area contributed by atoms with E-state index in [9.17, 15) is 8.42 Å². The number of piperidine rings is 1. The predicted octanol–water partition coefficient (Wildman–Crippen LogP) is 1.24. The van der Waals surface area contributed by atoms with Crippen LogP contribution in [0.1, 0.15) is 33.1 Å². The second kappa shape index (κ2) is 6.30. The lowest BCUT2D eigenvalue weighted by Crippen LogP contribution is -2.46. The molecule has 0 amide bonds. The molecule has 0 aromatic heterocycles. The van der Waals surface area contributed by atoms with Gasteiger partial charge in [0, 0.05) is 32.2 Å². The molecule has 5 nitrogen and oxygen atoms in total. The van der Waals surface area contributed by atoms with E-state index < -0.39 is 10.2 Å². The second-order valence-electron chi connectivity index (χ2n) is 6.72. The summed E-state index contributed by atoms with van der Waals surface area (Å²) in [6.45, 7) is 7.07. The van der Waals surface area contributed by atoms with Crippen molar-refractivity contribution < 1.29 is 8.42 Å². The number of likely N-dealkylation sites (N-methyl/N-ethyl adjacent to an activating group) is 1. The average molecular weight is 303 g/mol. The molecule has 0 aliphatic carbocycles. The Morgan fingerprint density at radius 1 is 1.00 bits per heavy atom. The molecule has 6 heteroatoms. The van der Waals surface area contributed by atoms with Crippen LogP contribution in [0.15, 0.2) is 0 Å². The Kier molecular flexibility index (Phi) is 5.10. The predicted molar refractivity (Wildman–Crippen MR) is 81.7 cm³/mol. The Balaban J connectivity index is 2.13. The highest BCUT2D eigenvalue weighted by molar-refractivity contribution is 7.86. The van der Waals surface area contributed by atoms with E-state index in [0.29, 0.717) is 44.1 Å². The summed E-state index contributed by atoms with van der Waals surface area (Å²) < 4.78 is 28.9. The summed E-state index contributed by atoms with van der Waals surface area (Å²) in [5.41, 5.74) is 0. The van der Waals surface area contributed by atoms with Crippen molar-refractivity contribution in [3.8, 4) is 0 Å². The van der Waals surface area contributed by atoms with Crippen LogP contribution in [0.4, 0.5) is 0 Å². The minimum absolute atomic E-state index is 0.328. The van der Waals surface area contributed by atoms with E-state index in [0.717, 1.165) is 19.3 Å². The van der Waals surface area contributed by atoms with E-state index in [2.05, 4.69) is 32.8 Å². The molecule has 0 unspecified atom stereocenters. The van der Waals surface area contributed by atoms with Crippen molar-refractivity contribution in [3.63, 3.8) is 0 Å². The summed E-state index contributed by atoms with van der Waals surface area (Å²) in [5.74, 6) is 0.925. The molecule has 0 aromatic carbocycles. The molecule has 0 spiro atoms. The monoisotopic (exact) mass is 303 g/mol. The molecule has 0 radical (unpaired) electrons. The molecule has 0 bridgehead atoms. The minimum atomic E-state index is -3.25. The molecule has 2 fully saturated rings. The molecule has 2 aliphatic rings. The van der Waals surface area contributed by atoms with Crippen LogP contribution < -0.4 is 0 Å². The number of rotatable bonds is 4. The maximum atomic E-state index is 12.8. The molecule has 118 valence electrons. The molecule has 20 heavy (non-hydrogen) atoms. The molecular weight excluding hydrogens is 274 g/mol. The fraction of sp³-hybridized carbons (Fsp3) is 1.00. The third kappa shape index (κ3) is 3.18. The largest absolute Gasteiger partial charge is 0.305 e. The lowest BCUT2D eigenvalue weighted by Gasteiger charge is -2.30. The average Bonchev–Trinajstić information content (AvgIpc) is 2.85. The maximum absolute atomic E-state index is 12.8. The zero-order valence-corrected chi connectivity index (χ0v) is 14.1. The van der Waals surface area contributed by atoms with Gasteiger partial charge in [0.2, 0.25) is 0 Å². The summed E-state index contributed by atoms with van der Waals surface area (Å²) in [6, 6.07) is 0.328. The molecule has 0 aromatic rings. The second-order valence-corrected chi connectivity index (χ2v) is 8.65. The quantitative estimate of drug-likeness (QED) is 0.785. The highest BCUT2D eigenvalue weighted by Gasteiger charge is 2.43. The number of nitrogens with zero attached hydrogens (tertiary/aromatic N) is 3. The molecule has 2 atom stereocenters. The van der Waals surface area contributed by atoms with Gasteiger partial charge in [0.25, 0.3) is 10.2 Å². The van der Waals surface area contributed by atoms with Gasteiger partial charge in [0.1, 0.15) is 0 Å². The van der Waals surface area contributed by atoms with Crippen LogP contribution in [-0.4, -0.2) is 68.2 Å². The zero-order valence-electron chi connectivity index (χ0n) is 13.2. The smallest absolute Gasteiger partial charge is 0.282 e. The first kappa shape index (κ1) is 16.2. The Morgan fingerprint density at radius 2 is 1.60 bits per heavy atom. The summed E-state index contributed by atoms with van der Waals surface area (Å²) in [6.07, 6.45) is 3.15. The maximum Gasteiger partial charge on any atom is 0.282 e. The van der Waals surface area contributed by atoms with Gasteiger partial charge in [-0.2, -0.15) is 17.0 Å². The lowest BCUT2D eigenvalue weighted by molar-refractivity contribution is 0.216. The van der Waals surface area contributed by atoms with Crippen molar-refractivity contribution in [1.29, 1.82) is 0 Å². The first-order chi connectivity index (χ1) is 9.34. The SMILES string of the molecule is CC(C)[C@H]1CN(S(=O)(=O)N2CCCCC2)C[C@@H]1N(C)C. The van der Waals surface area contributed by atoms with E-state index in [1.165, 1.54) is 0 Å². The standard InChI is InChI=1S/C14H29N3O2S/c1-12(2)13-10-17(11-14(13)15(3)4)20(18,19)16-8-6-5-7-9-16/h12-14H,5-11H2,1-4H3/t13-,14+/m1/s1. The van der Waals surface area contributed by atoms with Gasteiger partial charge < -0.3 is 4.90 Å². The van der Waals surface area contributed by atoms with Crippen molar-refractivity contribution in [3.05, 3.63) is 0 Å². The zero-order chi connectivity index (χ0) is 14.9. The molecule has 0 N–H and O–H groups in total. The minimum Gasteiger partial charge on any atom is -0.305 e. The van der Waals surface area contributed by atoms with Crippen LogP contribution in [0.5, 0.6) is 0 Å². The Hall–Kier alpha value is -0.170. The molecule has 2 rings (SSSR count). The first-order valence-electron chi connectivity index (χ1n) is 7.75. The van der Waals surface area contributed by atoms with Gasteiger partial charge in [-0.15, -0.1) is 0 Å². The van der Waals surface area contributed by atoms with Crippen molar-refractivity contribution in [1.82, 2.24) is 13.5 Å². The molecule has 2 saturated heterocycles. The molecule has 0 saturated carbocycles. The van der Waals surface area contributed by atoms with Gasteiger partial charge in [-0.3, -0.25) is 0 Å². The Morgan fingerprint density at radius 3 is 2.05 bits per heavy atom. The fourth-order valence-corrected chi connectivity index (χ4v) is 5.17. The van der Waals surface area contributed by atoms with E-state index in [1.54, 1.807) is 8.61 Å². The summed E-state index contributed by atoms with van der Waals surface area (Å²) in [5, 5.41) is 0. The van der Waals surface area contributed by atoms with Crippen molar-refractivity contribution in [2.24, 2.45) is 11.8 Å². The topological polar surface area (TPSA) is 43.9 Å². The van der Waals surface area contributed by atoms with Crippen molar-refractivity contribution in [2.75, 3.05) is 40.3 Å². The van der Waals surface area contributed by atoms with Gasteiger partial charge in [-0.05, 0) is 38.8 Å². The van der Waals surface area contributed by atoms with Gasteiger partial charge in [0.05, 0.1) is 0 Å². The van der Waals surface area contributed by atoms with E-state index in [4.69, 9.17) is 0 Å². The van der Waals surface area contributed by atoms with Crippen LogP contribution >= 0.6 is 0 Å². The molecule has 2 heterocycles. The lowest BCUT2D eigenvalue weighted by atomic mass is 9.91. The fourth-order valence-electron chi connectivity index (χ4n) is 3.42. The van der Waals surface area contributed by atoms with Crippen molar-refractivity contribution in [2.45, 2.75) is 39.2 Å². The number of hydrogen-bond donors (Lipinski definition) is 0. The summed E-state index contributed by atoms with van der Waals surface area (Å²) in [7, 11) is 0.851. The van der Waals surface area contributed by atoms with Crippen LogP contribution in [0.25, 0.3) is 0 Å². The third-order valence-corrected chi connectivity index (χ3v) is 6.76. The Bertz CT molecular complexity index is 400. The van der Waals surface area contributed by atoms with Gasteiger partial charge in [0.15, 0.2) is 0 Å². The van der Waals surface area contributed by atoms with Crippen LogP contribution in [0.3, 0.4) is 0 Å². The highest BCUT2D eigenvalue weighted by Crippen LogP contribution is 2.30. The summed E-state index contributed by atoms with van der Waals surface area (Å²) in [4.78, 5) is 2.18. The van der Waals surface area contributed by atoms with Gasteiger partial charge in [-0.25, -0.2) is 0 Å². The highest BCUT2D eigenvalue weighted by atomic mass is 32.2. The van der Waals surface area contributed by atoms with Crippen LogP contribution in [0.2, 0.25) is 0 Å².